The highest BCUT2D eigenvalue weighted by atomic mass is 79.9. The van der Waals surface area contributed by atoms with Crippen LogP contribution in [0.1, 0.15) is 32.0 Å². The molecule has 4 rings (SSSR count). The van der Waals surface area contributed by atoms with E-state index in [1.807, 2.05) is 37.3 Å². The summed E-state index contributed by atoms with van der Waals surface area (Å²) < 4.78 is 11.5. The molecule has 0 saturated heterocycles. The van der Waals surface area contributed by atoms with E-state index in [4.69, 9.17) is 31.2 Å². The Bertz CT molecular complexity index is 1190. The van der Waals surface area contributed by atoms with Crippen molar-refractivity contribution < 1.29 is 19.4 Å². The van der Waals surface area contributed by atoms with Gasteiger partial charge in [-0.1, -0.05) is 33.6 Å². The van der Waals surface area contributed by atoms with Crippen LogP contribution < -0.4 is 10.1 Å². The maximum Gasteiger partial charge on any atom is 0.310 e. The fourth-order valence-electron chi connectivity index (χ4n) is 3.51. The van der Waals surface area contributed by atoms with Crippen molar-refractivity contribution in [3.05, 3.63) is 51.1 Å². The Hall–Kier alpha value is -2.35. The molecule has 176 valence electrons. The van der Waals surface area contributed by atoms with Gasteiger partial charge in [-0.2, -0.15) is 0 Å². The van der Waals surface area contributed by atoms with Crippen molar-refractivity contribution in [3.63, 3.8) is 0 Å². The number of hydrogen-bond donors (Lipinski definition) is 2. The molecule has 0 aliphatic carbocycles. The molecule has 2 N–H and O–H groups in total. The summed E-state index contributed by atoms with van der Waals surface area (Å²) in [6, 6.07) is 9.75. The second kappa shape index (κ2) is 10.3. The minimum Gasteiger partial charge on any atom is -0.490 e. The number of ether oxygens (including phenoxy) is 2. The standard InChI is InChI=1S/C21H18BrClN2O3.C4H10O/c1-11-15(10-18(26)27-2)19(13-4-3-12(22)9-16(13)25-11)14-5-6-17-21(20(14)23)24-7-8-28-17;1-4(2,3)5/h3-6,9,24H,7-8,10H2,1-2H3;5H,1-3H3. The maximum atomic E-state index is 12.1. The second-order valence-corrected chi connectivity index (χ2v) is 10.0. The zero-order chi connectivity index (χ0) is 24.3. The molecule has 2 aromatic carbocycles. The van der Waals surface area contributed by atoms with Crippen molar-refractivity contribution in [2.45, 2.75) is 39.7 Å². The van der Waals surface area contributed by atoms with Gasteiger partial charge in [-0.3, -0.25) is 9.78 Å². The number of carbonyl (C=O) groups excluding carboxylic acids is 1. The smallest absolute Gasteiger partial charge is 0.310 e. The van der Waals surface area contributed by atoms with Gasteiger partial charge in [-0.15, -0.1) is 0 Å². The van der Waals surface area contributed by atoms with E-state index in [1.165, 1.54) is 7.11 Å². The molecular formula is C25H28BrClN2O4. The van der Waals surface area contributed by atoms with Crippen molar-refractivity contribution in [1.29, 1.82) is 0 Å². The number of rotatable bonds is 3. The zero-order valence-electron chi connectivity index (χ0n) is 19.4. The Kier molecular flexibility index (Phi) is 7.88. The summed E-state index contributed by atoms with van der Waals surface area (Å²) in [5, 5.41) is 13.3. The highest BCUT2D eigenvalue weighted by Gasteiger charge is 2.23. The summed E-state index contributed by atoms with van der Waals surface area (Å²) in [6.45, 7) is 8.42. The van der Waals surface area contributed by atoms with Crippen LogP contribution in [0.4, 0.5) is 5.69 Å². The van der Waals surface area contributed by atoms with Gasteiger partial charge >= 0.3 is 5.97 Å². The molecule has 0 saturated carbocycles. The molecule has 1 aliphatic heterocycles. The van der Waals surface area contributed by atoms with E-state index < -0.39 is 5.60 Å². The van der Waals surface area contributed by atoms with Gasteiger partial charge in [-0.25, -0.2) is 0 Å². The topological polar surface area (TPSA) is 80.7 Å². The van der Waals surface area contributed by atoms with Crippen molar-refractivity contribution in [3.8, 4) is 16.9 Å². The van der Waals surface area contributed by atoms with Gasteiger partial charge in [-0.05, 0) is 63.1 Å². The third-order valence-corrected chi connectivity index (χ3v) is 5.72. The number of nitrogens with zero attached hydrogens (tertiary/aromatic N) is 1. The molecule has 0 fully saturated rings. The first kappa shape index (κ1) is 25.3. The molecule has 33 heavy (non-hydrogen) atoms. The largest absolute Gasteiger partial charge is 0.490 e. The Labute approximate surface area is 207 Å². The summed E-state index contributed by atoms with van der Waals surface area (Å²) in [4.78, 5) is 16.8. The lowest BCUT2D eigenvalue weighted by atomic mass is 9.92. The molecule has 8 heteroatoms. The monoisotopic (exact) mass is 534 g/mol. The van der Waals surface area contributed by atoms with Gasteiger partial charge < -0.3 is 19.9 Å². The molecule has 3 aromatic rings. The van der Waals surface area contributed by atoms with Crippen LogP contribution in [0.3, 0.4) is 0 Å². The van der Waals surface area contributed by atoms with E-state index in [2.05, 4.69) is 21.2 Å². The molecule has 0 amide bonds. The summed E-state index contributed by atoms with van der Waals surface area (Å²) in [5.74, 6) is 0.408. The molecule has 0 spiro atoms. The average molecular weight is 536 g/mol. The Morgan fingerprint density at radius 1 is 1.30 bits per heavy atom. The molecule has 0 radical (unpaired) electrons. The van der Waals surface area contributed by atoms with Crippen LogP contribution in [-0.2, 0) is 16.0 Å². The number of benzene rings is 2. The molecule has 1 aromatic heterocycles. The average Bonchev–Trinajstić information content (AvgIpc) is 2.74. The number of aliphatic hydroxyl groups is 1. The lowest BCUT2D eigenvalue weighted by molar-refractivity contribution is -0.139. The number of carbonyl (C=O) groups is 1. The number of aromatic nitrogens is 1. The molecule has 0 atom stereocenters. The summed E-state index contributed by atoms with van der Waals surface area (Å²) in [6.07, 6.45) is 0.119. The van der Waals surface area contributed by atoms with Crippen LogP contribution in [0.25, 0.3) is 22.0 Å². The minimum atomic E-state index is -0.500. The van der Waals surface area contributed by atoms with Crippen molar-refractivity contribution in [2.75, 3.05) is 25.6 Å². The first-order valence-electron chi connectivity index (χ1n) is 10.6. The van der Waals surface area contributed by atoms with Crippen molar-refractivity contribution >= 4 is 50.1 Å². The Morgan fingerprint density at radius 3 is 2.67 bits per heavy atom. The van der Waals surface area contributed by atoms with Gasteiger partial charge in [0.2, 0.25) is 0 Å². The van der Waals surface area contributed by atoms with E-state index in [0.717, 1.165) is 49.2 Å². The van der Waals surface area contributed by atoms with Crippen molar-refractivity contribution in [1.82, 2.24) is 4.98 Å². The van der Waals surface area contributed by atoms with E-state index in [0.29, 0.717) is 18.2 Å². The number of esters is 1. The predicted octanol–water partition coefficient (Wildman–Crippen LogP) is 5.92. The maximum absolute atomic E-state index is 12.1. The summed E-state index contributed by atoms with van der Waals surface area (Å²) >= 11 is 10.3. The molecule has 1 aliphatic rings. The third kappa shape index (κ3) is 6.16. The highest BCUT2D eigenvalue weighted by Crippen LogP contribution is 2.45. The molecule has 0 unspecified atom stereocenters. The van der Waals surface area contributed by atoms with Gasteiger partial charge in [0.15, 0.2) is 0 Å². The lowest BCUT2D eigenvalue weighted by Gasteiger charge is -2.23. The number of fused-ring (bicyclic) bond motifs is 2. The van der Waals surface area contributed by atoms with E-state index in [9.17, 15) is 4.79 Å². The van der Waals surface area contributed by atoms with Gasteiger partial charge in [0, 0.05) is 27.7 Å². The molecular weight excluding hydrogens is 508 g/mol. The number of anilines is 1. The summed E-state index contributed by atoms with van der Waals surface area (Å²) in [7, 11) is 1.38. The van der Waals surface area contributed by atoms with Crippen LogP contribution in [0.15, 0.2) is 34.8 Å². The van der Waals surface area contributed by atoms with Crippen LogP contribution in [0, 0.1) is 6.92 Å². The van der Waals surface area contributed by atoms with Gasteiger partial charge in [0.1, 0.15) is 12.4 Å². The number of nitrogens with one attached hydrogen (secondary N) is 1. The van der Waals surface area contributed by atoms with Crippen LogP contribution in [0.5, 0.6) is 5.75 Å². The van der Waals surface area contributed by atoms with E-state index in [-0.39, 0.29) is 12.4 Å². The number of methoxy groups -OCH3 is 1. The SMILES string of the molecule is CC(C)(C)O.COC(=O)Cc1c(C)nc2cc(Br)ccc2c1-c1ccc2c(c1Cl)NCCO2. The number of hydrogen-bond acceptors (Lipinski definition) is 6. The van der Waals surface area contributed by atoms with Gasteiger partial charge in [0.25, 0.3) is 0 Å². The number of aryl methyl sites for hydroxylation is 1. The quantitative estimate of drug-likeness (QED) is 0.405. The van der Waals surface area contributed by atoms with Gasteiger partial charge in [0.05, 0.1) is 35.4 Å². The van der Waals surface area contributed by atoms with Crippen molar-refractivity contribution in [2.24, 2.45) is 0 Å². The molecule has 6 nitrogen and oxygen atoms in total. The highest BCUT2D eigenvalue weighted by molar-refractivity contribution is 9.10. The number of halogens is 2. The fourth-order valence-corrected chi connectivity index (χ4v) is 4.18. The Balaban J connectivity index is 0.000000555. The fraction of sp³-hybridized carbons (Fsp3) is 0.360. The van der Waals surface area contributed by atoms with E-state index >= 15 is 0 Å². The first-order valence-corrected chi connectivity index (χ1v) is 11.7. The second-order valence-electron chi connectivity index (χ2n) is 8.71. The minimum absolute atomic E-state index is 0.119. The first-order chi connectivity index (χ1) is 15.5. The molecule has 0 bridgehead atoms. The third-order valence-electron chi connectivity index (χ3n) is 4.84. The molecule has 2 heterocycles. The number of pyridine rings is 1. The summed E-state index contributed by atoms with van der Waals surface area (Å²) in [5.41, 5.74) is 4.39. The predicted molar refractivity (Wildman–Crippen MR) is 136 cm³/mol. The van der Waals surface area contributed by atoms with E-state index in [1.54, 1.807) is 20.8 Å². The van der Waals surface area contributed by atoms with Crippen LogP contribution in [-0.4, -0.2) is 41.9 Å². The Morgan fingerprint density at radius 2 is 2.00 bits per heavy atom. The van der Waals surface area contributed by atoms with Crippen LogP contribution >= 0.6 is 27.5 Å². The lowest BCUT2D eigenvalue weighted by Crippen LogP contribution is -2.18. The normalized spacial score (nSPS) is 12.7. The zero-order valence-corrected chi connectivity index (χ0v) is 21.7. The van der Waals surface area contributed by atoms with Crippen LogP contribution in [0.2, 0.25) is 5.02 Å².